The normalized spacial score (nSPS) is 22.1. The molecule has 4 unspecified atom stereocenters. The average molecular weight is 512 g/mol. The highest BCUT2D eigenvalue weighted by molar-refractivity contribution is 5.96. The number of aromatic nitrogens is 2. The summed E-state index contributed by atoms with van der Waals surface area (Å²) in [6.45, 7) is 7.52. The summed E-state index contributed by atoms with van der Waals surface area (Å²) in [5, 5.41) is 4.82. The number of methoxy groups -OCH3 is 1. The van der Waals surface area contributed by atoms with Gasteiger partial charge in [0.1, 0.15) is 11.6 Å². The minimum absolute atomic E-state index is 0.0924. The van der Waals surface area contributed by atoms with Crippen LogP contribution >= 0.6 is 0 Å². The largest absolute Gasteiger partial charge is 0.416 e. The van der Waals surface area contributed by atoms with Gasteiger partial charge in [-0.05, 0) is 55.5 Å². The lowest BCUT2D eigenvalue weighted by Gasteiger charge is -2.30. The summed E-state index contributed by atoms with van der Waals surface area (Å²) < 4.78 is 45.6. The first-order valence-corrected chi connectivity index (χ1v) is 12.5. The molecule has 0 saturated heterocycles. The van der Waals surface area contributed by atoms with Crippen molar-refractivity contribution in [2.24, 2.45) is 11.8 Å². The second kappa shape index (κ2) is 10.6. The number of carbonyl (C=O) groups excluding carboxylic acids is 1. The van der Waals surface area contributed by atoms with E-state index in [2.05, 4.69) is 28.3 Å². The lowest BCUT2D eigenvalue weighted by atomic mass is 9.78. The molecule has 8 heteroatoms. The van der Waals surface area contributed by atoms with Crippen molar-refractivity contribution in [3.05, 3.63) is 75.1 Å². The molecule has 2 aliphatic rings. The Bertz CT molecular complexity index is 1380. The number of rotatable bonds is 7. The number of Topliss-reactive ketones (excluding diaryl/α,β-unsaturated/α-hetero) is 1. The summed E-state index contributed by atoms with van der Waals surface area (Å²) >= 11 is 0. The van der Waals surface area contributed by atoms with Gasteiger partial charge in [-0.15, -0.1) is 0 Å². The van der Waals surface area contributed by atoms with Gasteiger partial charge >= 0.3 is 6.18 Å². The second-order valence-corrected chi connectivity index (χ2v) is 9.71. The van der Waals surface area contributed by atoms with Crippen molar-refractivity contribution in [1.82, 2.24) is 9.97 Å². The van der Waals surface area contributed by atoms with E-state index in [1.54, 1.807) is 20.1 Å². The van der Waals surface area contributed by atoms with Crippen molar-refractivity contribution in [3.63, 3.8) is 0 Å². The molecule has 1 aromatic carbocycles. The van der Waals surface area contributed by atoms with Crippen molar-refractivity contribution in [1.29, 1.82) is 0 Å². The zero-order valence-electron chi connectivity index (χ0n) is 21.7. The number of nitrogens with one attached hydrogen (secondary N) is 1. The first-order chi connectivity index (χ1) is 17.5. The maximum Gasteiger partial charge on any atom is 0.416 e. The predicted octanol–water partition coefficient (Wildman–Crippen LogP) is 5.05. The first-order valence-electron chi connectivity index (χ1n) is 12.5. The lowest BCUT2D eigenvalue weighted by molar-refractivity contribution is -0.137. The number of ether oxygens (including phenoxy) is 1. The highest BCUT2D eigenvalue weighted by Crippen LogP contribution is 2.34. The number of carbonyl (C=O) groups is 1. The van der Waals surface area contributed by atoms with E-state index < -0.39 is 17.8 Å². The van der Waals surface area contributed by atoms with Gasteiger partial charge in [0, 0.05) is 30.7 Å². The number of fused-ring (bicyclic) bond motifs is 1. The van der Waals surface area contributed by atoms with Crippen molar-refractivity contribution in [2.75, 3.05) is 12.4 Å². The smallest absolute Gasteiger partial charge is 0.376 e. The van der Waals surface area contributed by atoms with Gasteiger partial charge in [0.25, 0.3) is 0 Å². The fourth-order valence-corrected chi connectivity index (χ4v) is 5.06. The highest BCUT2D eigenvalue weighted by Gasteiger charge is 2.31. The number of aryl methyl sites for hydroxylation is 1. The van der Waals surface area contributed by atoms with Crippen LogP contribution in [0.2, 0.25) is 0 Å². The molecule has 1 aromatic heterocycles. The number of nitrogens with zero attached hydrogens (tertiary/aromatic N) is 2. The molecular weight excluding hydrogens is 479 g/mol. The van der Waals surface area contributed by atoms with Gasteiger partial charge in [0.2, 0.25) is 0 Å². The molecule has 0 saturated carbocycles. The summed E-state index contributed by atoms with van der Waals surface area (Å²) in [5.41, 5.74) is 1.81. The van der Waals surface area contributed by atoms with Crippen LogP contribution in [0.5, 0.6) is 0 Å². The standard InChI is InChI=1S/C29H32F3N3O2/c1-6-26(36)22-11-10-20(12-16(22)2)23-14-24-25(15-27(23)37-5)34-18(4)35-28(24)33-17(3)19-8-7-9-21(13-19)29(30,31)32/h7-11,13-17,23,27H,6,12H2,1-5H3,(H,33,34,35). The third-order valence-electron chi connectivity index (χ3n) is 7.07. The van der Waals surface area contributed by atoms with E-state index in [9.17, 15) is 18.0 Å². The zero-order chi connectivity index (χ0) is 26.9. The fourth-order valence-electron chi connectivity index (χ4n) is 5.06. The Hall–Kier alpha value is -3.26. The lowest BCUT2D eigenvalue weighted by Crippen LogP contribution is -2.42. The van der Waals surface area contributed by atoms with Gasteiger partial charge in [-0.2, -0.15) is 13.2 Å². The minimum atomic E-state index is -4.41. The highest BCUT2D eigenvalue weighted by atomic mass is 19.4. The van der Waals surface area contributed by atoms with Crippen LogP contribution in [-0.2, 0) is 15.7 Å². The number of hydrogen-bond acceptors (Lipinski definition) is 5. The summed E-state index contributed by atoms with van der Waals surface area (Å²) in [4.78, 5) is 21.5. The van der Waals surface area contributed by atoms with Gasteiger partial charge in [-0.25, -0.2) is 9.97 Å². The quantitative estimate of drug-likeness (QED) is 0.564. The molecular formula is C29H32F3N3O2. The van der Waals surface area contributed by atoms with Crippen molar-refractivity contribution >= 4 is 23.8 Å². The van der Waals surface area contributed by atoms with E-state index in [4.69, 9.17) is 4.74 Å². The van der Waals surface area contributed by atoms with E-state index in [-0.39, 0.29) is 23.7 Å². The molecule has 2 aliphatic carbocycles. The van der Waals surface area contributed by atoms with Crippen LogP contribution in [0.4, 0.5) is 19.0 Å². The SMILES string of the molecule is CCC(=O)C1=CC=C(C2C=c3c(NC(C)c4cccc(C(F)(F)F)c4)nc(C)nc3=CC2OC)CC1C. The van der Waals surface area contributed by atoms with E-state index >= 15 is 0 Å². The van der Waals surface area contributed by atoms with E-state index in [1.807, 2.05) is 32.1 Å². The Morgan fingerprint density at radius 1 is 1.22 bits per heavy atom. The molecule has 2 aromatic rings. The Morgan fingerprint density at radius 2 is 1.97 bits per heavy atom. The molecule has 1 heterocycles. The molecule has 0 radical (unpaired) electrons. The number of benzene rings is 1. The van der Waals surface area contributed by atoms with Gasteiger partial charge < -0.3 is 10.1 Å². The number of ketones is 1. The molecule has 196 valence electrons. The van der Waals surface area contributed by atoms with Crippen LogP contribution in [0.3, 0.4) is 0 Å². The second-order valence-electron chi connectivity index (χ2n) is 9.71. The average Bonchev–Trinajstić information content (AvgIpc) is 2.86. The number of hydrogen-bond donors (Lipinski definition) is 1. The molecule has 37 heavy (non-hydrogen) atoms. The van der Waals surface area contributed by atoms with Crippen LogP contribution in [0.25, 0.3) is 12.2 Å². The molecule has 0 aliphatic heterocycles. The summed E-state index contributed by atoms with van der Waals surface area (Å²) in [6.07, 6.45) is 4.54. The molecule has 0 fully saturated rings. The topological polar surface area (TPSA) is 64.1 Å². The maximum absolute atomic E-state index is 13.3. The maximum atomic E-state index is 13.3. The molecule has 0 bridgehead atoms. The summed E-state index contributed by atoms with van der Waals surface area (Å²) in [5.74, 6) is 1.28. The predicted molar refractivity (Wildman–Crippen MR) is 138 cm³/mol. The summed E-state index contributed by atoms with van der Waals surface area (Å²) in [6, 6.07) is 4.89. The van der Waals surface area contributed by atoms with Gasteiger partial charge in [0.05, 0.1) is 17.0 Å². The minimum Gasteiger partial charge on any atom is -0.376 e. The monoisotopic (exact) mass is 511 g/mol. The third-order valence-corrected chi connectivity index (χ3v) is 7.07. The van der Waals surface area contributed by atoms with Crippen LogP contribution in [0.1, 0.15) is 56.6 Å². The van der Waals surface area contributed by atoms with Crippen LogP contribution in [0, 0.1) is 18.8 Å². The number of anilines is 1. The molecule has 5 nitrogen and oxygen atoms in total. The van der Waals surface area contributed by atoms with Gasteiger partial charge in [-0.1, -0.05) is 49.8 Å². The molecule has 0 spiro atoms. The fraction of sp³-hybridized carbons (Fsp3) is 0.414. The Labute approximate surface area is 214 Å². The van der Waals surface area contributed by atoms with Gasteiger partial charge in [-0.3, -0.25) is 4.79 Å². The molecule has 0 amide bonds. The summed E-state index contributed by atoms with van der Waals surface area (Å²) in [7, 11) is 1.66. The molecule has 4 atom stereocenters. The Kier molecular flexibility index (Phi) is 7.69. The van der Waals surface area contributed by atoms with E-state index in [0.29, 0.717) is 23.6 Å². The Balaban J connectivity index is 1.73. The first kappa shape index (κ1) is 26.8. The van der Waals surface area contributed by atoms with E-state index in [0.717, 1.165) is 40.3 Å². The number of alkyl halides is 3. The molecule has 1 N–H and O–H groups in total. The molecule has 4 rings (SSSR count). The number of allylic oxidation sites excluding steroid dienone is 3. The van der Waals surface area contributed by atoms with Crippen LogP contribution in [-0.4, -0.2) is 29.0 Å². The Morgan fingerprint density at radius 3 is 2.62 bits per heavy atom. The van der Waals surface area contributed by atoms with Crippen molar-refractivity contribution in [2.45, 2.75) is 58.9 Å². The third kappa shape index (κ3) is 5.69. The van der Waals surface area contributed by atoms with Crippen LogP contribution in [0.15, 0.2) is 47.6 Å². The zero-order valence-corrected chi connectivity index (χ0v) is 21.7. The number of halogens is 3. The van der Waals surface area contributed by atoms with Gasteiger partial charge in [0.15, 0.2) is 5.78 Å². The van der Waals surface area contributed by atoms with Crippen molar-refractivity contribution < 1.29 is 22.7 Å². The van der Waals surface area contributed by atoms with Crippen molar-refractivity contribution in [3.8, 4) is 0 Å². The van der Waals surface area contributed by atoms with Crippen LogP contribution < -0.4 is 15.9 Å². The van der Waals surface area contributed by atoms with E-state index in [1.165, 1.54) is 6.07 Å².